The summed E-state index contributed by atoms with van der Waals surface area (Å²) in [4.78, 5) is 8.71. The van der Waals surface area contributed by atoms with Gasteiger partial charge in [-0.1, -0.05) is 30.3 Å². The van der Waals surface area contributed by atoms with Crippen LogP contribution in [0.2, 0.25) is 0 Å². The lowest BCUT2D eigenvalue weighted by atomic mass is 9.96. The van der Waals surface area contributed by atoms with Gasteiger partial charge in [-0.2, -0.15) is 0 Å². The minimum Gasteiger partial charge on any atom is -0.505 e. The molecule has 3 heterocycles. The van der Waals surface area contributed by atoms with Gasteiger partial charge in [-0.3, -0.25) is 4.98 Å². The topological polar surface area (TPSA) is 76.5 Å². The Morgan fingerprint density at radius 2 is 1.79 bits per heavy atom. The number of nitrogens with zero attached hydrogens (tertiary/aromatic N) is 2. The van der Waals surface area contributed by atoms with Gasteiger partial charge >= 0.3 is 0 Å². The van der Waals surface area contributed by atoms with E-state index in [0.717, 1.165) is 10.9 Å². The van der Waals surface area contributed by atoms with Gasteiger partial charge in [0.1, 0.15) is 17.1 Å². The number of pyridine rings is 2. The molecule has 28 heavy (non-hydrogen) atoms. The fraction of sp³-hybridized carbons (Fsp3) is 0.0909. The van der Waals surface area contributed by atoms with E-state index in [1.807, 2.05) is 60.7 Å². The molecule has 0 unspecified atom stereocenters. The molecule has 2 N–H and O–H groups in total. The molecule has 4 aromatic rings. The molecular formula is C22H17N3O3. The van der Waals surface area contributed by atoms with Crippen molar-refractivity contribution in [1.82, 2.24) is 9.97 Å². The van der Waals surface area contributed by atoms with Gasteiger partial charge in [0.25, 0.3) is 0 Å². The minimum absolute atomic E-state index is 0.143. The van der Waals surface area contributed by atoms with Gasteiger partial charge in [0.05, 0.1) is 6.04 Å². The Hall–Kier alpha value is -3.80. The zero-order chi connectivity index (χ0) is 18.9. The van der Waals surface area contributed by atoms with E-state index in [-0.39, 0.29) is 18.6 Å². The third kappa shape index (κ3) is 2.85. The van der Waals surface area contributed by atoms with Crippen molar-refractivity contribution in [3.63, 3.8) is 0 Å². The summed E-state index contributed by atoms with van der Waals surface area (Å²) < 4.78 is 11.0. The van der Waals surface area contributed by atoms with E-state index >= 15 is 0 Å². The van der Waals surface area contributed by atoms with Crippen LogP contribution in [0, 0.1) is 0 Å². The molecule has 0 amide bonds. The highest BCUT2D eigenvalue weighted by Gasteiger charge is 2.23. The van der Waals surface area contributed by atoms with Crippen LogP contribution in [0.15, 0.2) is 73.1 Å². The number of phenols is 1. The van der Waals surface area contributed by atoms with Crippen LogP contribution in [0.1, 0.15) is 17.2 Å². The summed E-state index contributed by atoms with van der Waals surface area (Å²) in [6.07, 6.45) is 3.40. The SMILES string of the molecule is Oc1c([C@@H](Nc2ccccn2)c2ccc3c(c2)OCO3)ccc2cccnc12. The molecule has 1 aliphatic heterocycles. The molecule has 138 valence electrons. The zero-order valence-corrected chi connectivity index (χ0v) is 14.9. The van der Waals surface area contributed by atoms with Crippen molar-refractivity contribution in [1.29, 1.82) is 0 Å². The number of aromatic nitrogens is 2. The smallest absolute Gasteiger partial charge is 0.231 e. The van der Waals surface area contributed by atoms with E-state index in [2.05, 4.69) is 15.3 Å². The summed E-state index contributed by atoms with van der Waals surface area (Å²) >= 11 is 0. The van der Waals surface area contributed by atoms with Crippen LogP contribution < -0.4 is 14.8 Å². The van der Waals surface area contributed by atoms with Crippen molar-refractivity contribution in [3.8, 4) is 17.2 Å². The molecular weight excluding hydrogens is 354 g/mol. The van der Waals surface area contributed by atoms with Crippen molar-refractivity contribution in [3.05, 3.63) is 84.2 Å². The van der Waals surface area contributed by atoms with E-state index in [1.165, 1.54) is 0 Å². The molecule has 1 atom stereocenters. The molecule has 0 bridgehead atoms. The van der Waals surface area contributed by atoms with Gasteiger partial charge in [-0.15, -0.1) is 0 Å². The van der Waals surface area contributed by atoms with E-state index in [1.54, 1.807) is 12.4 Å². The van der Waals surface area contributed by atoms with Crippen LogP contribution in [0.3, 0.4) is 0 Å². The molecule has 0 aliphatic carbocycles. The minimum atomic E-state index is -0.351. The van der Waals surface area contributed by atoms with Gasteiger partial charge in [0.15, 0.2) is 11.5 Å². The molecule has 2 aromatic heterocycles. The van der Waals surface area contributed by atoms with Crippen LogP contribution in [0.5, 0.6) is 17.2 Å². The Kier molecular flexibility index (Phi) is 3.94. The van der Waals surface area contributed by atoms with Gasteiger partial charge in [-0.25, -0.2) is 4.98 Å². The number of aromatic hydroxyl groups is 1. The maximum absolute atomic E-state index is 11.0. The molecule has 6 heteroatoms. The van der Waals surface area contributed by atoms with Crippen molar-refractivity contribution in [2.24, 2.45) is 0 Å². The second-order valence-corrected chi connectivity index (χ2v) is 6.48. The van der Waals surface area contributed by atoms with E-state index < -0.39 is 0 Å². The van der Waals surface area contributed by atoms with E-state index in [9.17, 15) is 5.11 Å². The van der Waals surface area contributed by atoms with Crippen LogP contribution in [-0.4, -0.2) is 21.9 Å². The lowest BCUT2D eigenvalue weighted by Crippen LogP contribution is -2.13. The number of nitrogens with one attached hydrogen (secondary N) is 1. The number of fused-ring (bicyclic) bond motifs is 2. The lowest BCUT2D eigenvalue weighted by Gasteiger charge is -2.22. The maximum Gasteiger partial charge on any atom is 0.231 e. The Morgan fingerprint density at radius 3 is 2.68 bits per heavy atom. The summed E-state index contributed by atoms with van der Waals surface area (Å²) in [7, 11) is 0. The molecule has 6 nitrogen and oxygen atoms in total. The molecule has 0 saturated carbocycles. The molecule has 0 radical (unpaired) electrons. The quantitative estimate of drug-likeness (QED) is 0.558. The van der Waals surface area contributed by atoms with Crippen LogP contribution in [0.4, 0.5) is 5.82 Å². The monoisotopic (exact) mass is 371 g/mol. The van der Waals surface area contributed by atoms with Gasteiger partial charge < -0.3 is 19.9 Å². The predicted molar refractivity (Wildman–Crippen MR) is 106 cm³/mol. The van der Waals surface area contributed by atoms with Crippen LogP contribution in [0.25, 0.3) is 10.9 Å². The summed E-state index contributed by atoms with van der Waals surface area (Å²) in [5, 5.41) is 15.3. The first-order valence-electron chi connectivity index (χ1n) is 8.93. The van der Waals surface area contributed by atoms with Crippen LogP contribution in [-0.2, 0) is 0 Å². The predicted octanol–water partition coefficient (Wildman–Crippen LogP) is 4.27. The molecule has 0 spiro atoms. The average Bonchev–Trinajstić information content (AvgIpc) is 3.21. The second-order valence-electron chi connectivity index (χ2n) is 6.48. The summed E-state index contributed by atoms with van der Waals surface area (Å²) in [5.74, 6) is 2.24. The van der Waals surface area contributed by atoms with Gasteiger partial charge in [0.2, 0.25) is 6.79 Å². The van der Waals surface area contributed by atoms with Crippen molar-refractivity contribution in [2.75, 3.05) is 12.1 Å². The van der Waals surface area contributed by atoms with Crippen molar-refractivity contribution >= 4 is 16.7 Å². The first-order valence-corrected chi connectivity index (χ1v) is 8.93. The highest BCUT2D eigenvalue weighted by atomic mass is 16.7. The number of phenolic OH excluding ortho intramolecular Hbond substituents is 1. The van der Waals surface area contributed by atoms with E-state index in [4.69, 9.17) is 9.47 Å². The Bertz CT molecular complexity index is 1150. The number of ether oxygens (including phenoxy) is 2. The Morgan fingerprint density at radius 1 is 0.893 bits per heavy atom. The largest absolute Gasteiger partial charge is 0.505 e. The van der Waals surface area contributed by atoms with Crippen LogP contribution >= 0.6 is 0 Å². The number of rotatable bonds is 4. The number of benzene rings is 2. The molecule has 0 fully saturated rings. The lowest BCUT2D eigenvalue weighted by molar-refractivity contribution is 0.174. The molecule has 0 saturated heterocycles. The van der Waals surface area contributed by atoms with E-state index in [0.29, 0.717) is 28.4 Å². The zero-order valence-electron chi connectivity index (χ0n) is 14.9. The number of hydrogen-bond acceptors (Lipinski definition) is 6. The molecule has 2 aromatic carbocycles. The molecule has 5 rings (SSSR count). The fourth-order valence-electron chi connectivity index (χ4n) is 3.41. The van der Waals surface area contributed by atoms with Crippen molar-refractivity contribution in [2.45, 2.75) is 6.04 Å². The first-order chi connectivity index (χ1) is 13.8. The summed E-state index contributed by atoms with van der Waals surface area (Å²) in [5.41, 5.74) is 2.18. The highest BCUT2D eigenvalue weighted by Crippen LogP contribution is 2.40. The average molecular weight is 371 g/mol. The maximum atomic E-state index is 11.0. The standard InChI is InChI=1S/C22H17N3O3/c26-22-16(8-6-14-4-3-11-24-21(14)22)20(25-19-5-1-2-10-23-19)15-7-9-17-18(12-15)28-13-27-17/h1-12,20,26H,13H2,(H,23,25)/t20-/m0/s1. The number of hydrogen-bond donors (Lipinski definition) is 2. The van der Waals surface area contributed by atoms with Crippen molar-refractivity contribution < 1.29 is 14.6 Å². The Balaban J connectivity index is 1.65. The van der Waals surface area contributed by atoms with Gasteiger partial charge in [-0.05, 0) is 35.9 Å². The first kappa shape index (κ1) is 16.4. The third-order valence-electron chi connectivity index (χ3n) is 4.78. The normalized spacial score (nSPS) is 13.4. The second kappa shape index (κ2) is 6.74. The fourth-order valence-corrected chi connectivity index (χ4v) is 3.41. The number of anilines is 1. The third-order valence-corrected chi connectivity index (χ3v) is 4.78. The summed E-state index contributed by atoms with van der Waals surface area (Å²) in [6, 6.07) is 18.7. The highest BCUT2D eigenvalue weighted by molar-refractivity contribution is 5.86. The summed E-state index contributed by atoms with van der Waals surface area (Å²) in [6.45, 7) is 0.211. The Labute approximate surface area is 161 Å². The molecule has 1 aliphatic rings. The van der Waals surface area contributed by atoms with Gasteiger partial charge in [0, 0.05) is 23.3 Å².